The van der Waals surface area contributed by atoms with E-state index in [1.54, 1.807) is 54.6 Å². The lowest BCUT2D eigenvalue weighted by molar-refractivity contribution is -0.120. The van der Waals surface area contributed by atoms with Gasteiger partial charge in [-0.25, -0.2) is 10.2 Å². The highest BCUT2D eigenvalue weighted by molar-refractivity contribution is 9.10. The maximum Gasteiger partial charge on any atom is 0.343 e. The molecule has 0 spiro atoms. The minimum Gasteiger partial charge on any atom is -0.493 e. The van der Waals surface area contributed by atoms with Crippen molar-refractivity contribution in [3.8, 4) is 11.5 Å². The predicted molar refractivity (Wildman–Crippen MR) is 131 cm³/mol. The van der Waals surface area contributed by atoms with Crippen LogP contribution in [0.25, 0.3) is 0 Å². The zero-order valence-electron chi connectivity index (χ0n) is 18.5. The molecule has 0 aliphatic rings. The van der Waals surface area contributed by atoms with E-state index in [0.29, 0.717) is 22.4 Å². The van der Waals surface area contributed by atoms with Crippen LogP contribution in [-0.2, 0) is 4.79 Å². The van der Waals surface area contributed by atoms with Crippen LogP contribution in [0.3, 0.4) is 0 Å². The van der Waals surface area contributed by atoms with Crippen molar-refractivity contribution in [1.82, 2.24) is 10.7 Å². The maximum atomic E-state index is 12.4. The van der Waals surface area contributed by atoms with Gasteiger partial charge in [0.05, 0.1) is 25.4 Å². The van der Waals surface area contributed by atoms with Gasteiger partial charge < -0.3 is 14.8 Å². The second-order valence-electron chi connectivity index (χ2n) is 7.15. The van der Waals surface area contributed by atoms with Gasteiger partial charge in [-0.15, -0.1) is 0 Å². The molecule has 0 heterocycles. The van der Waals surface area contributed by atoms with E-state index in [1.165, 1.54) is 13.3 Å². The molecule has 2 amide bonds. The van der Waals surface area contributed by atoms with Crippen molar-refractivity contribution in [2.24, 2.45) is 5.10 Å². The summed E-state index contributed by atoms with van der Waals surface area (Å²) in [5.74, 6) is -0.783. The summed E-state index contributed by atoms with van der Waals surface area (Å²) >= 11 is 3.29. The van der Waals surface area contributed by atoms with Crippen LogP contribution in [0, 0.1) is 6.92 Å². The number of hydrogen-bond donors (Lipinski definition) is 2. The number of nitrogens with zero attached hydrogens (tertiary/aromatic N) is 1. The van der Waals surface area contributed by atoms with Crippen LogP contribution in [0.5, 0.6) is 11.5 Å². The average molecular weight is 524 g/mol. The first-order valence-corrected chi connectivity index (χ1v) is 11.0. The summed E-state index contributed by atoms with van der Waals surface area (Å²) in [7, 11) is 1.45. The van der Waals surface area contributed by atoms with E-state index in [9.17, 15) is 14.4 Å². The number of carbonyl (C=O) groups excluding carboxylic acids is 3. The van der Waals surface area contributed by atoms with Gasteiger partial charge in [0.2, 0.25) is 0 Å². The number of hydrazone groups is 1. The van der Waals surface area contributed by atoms with Gasteiger partial charge in [0, 0.05) is 10.0 Å². The summed E-state index contributed by atoms with van der Waals surface area (Å²) in [6.45, 7) is 1.70. The minimum atomic E-state index is -0.503. The highest BCUT2D eigenvalue weighted by Gasteiger charge is 2.13. The Morgan fingerprint density at radius 3 is 2.44 bits per heavy atom. The number of ether oxygens (including phenoxy) is 2. The van der Waals surface area contributed by atoms with Crippen LogP contribution in [0.2, 0.25) is 0 Å². The van der Waals surface area contributed by atoms with Crippen LogP contribution in [0.1, 0.15) is 31.8 Å². The van der Waals surface area contributed by atoms with Gasteiger partial charge in [0.25, 0.3) is 11.8 Å². The van der Waals surface area contributed by atoms with Crippen LogP contribution in [0.15, 0.2) is 76.3 Å². The van der Waals surface area contributed by atoms with Crippen molar-refractivity contribution in [3.05, 3.63) is 93.5 Å². The molecule has 0 bridgehead atoms. The highest BCUT2D eigenvalue weighted by Crippen LogP contribution is 2.28. The van der Waals surface area contributed by atoms with E-state index < -0.39 is 11.9 Å². The van der Waals surface area contributed by atoms with Gasteiger partial charge >= 0.3 is 5.97 Å². The molecular weight excluding hydrogens is 502 g/mol. The van der Waals surface area contributed by atoms with Crippen LogP contribution < -0.4 is 20.2 Å². The first-order valence-electron chi connectivity index (χ1n) is 10.2. The number of hydrogen-bond acceptors (Lipinski definition) is 6. The fourth-order valence-corrected chi connectivity index (χ4v) is 3.21. The third-order valence-electron chi connectivity index (χ3n) is 4.58. The molecule has 0 saturated carbocycles. The molecule has 34 heavy (non-hydrogen) atoms. The molecule has 3 rings (SSSR count). The lowest BCUT2D eigenvalue weighted by atomic mass is 10.1. The molecule has 9 heteroatoms. The number of rotatable bonds is 8. The molecule has 0 radical (unpaired) electrons. The predicted octanol–water partition coefficient (Wildman–Crippen LogP) is 3.87. The zero-order valence-corrected chi connectivity index (χ0v) is 20.1. The fraction of sp³-hybridized carbons (Fsp3) is 0.120. The second kappa shape index (κ2) is 11.8. The Hall–Kier alpha value is -3.98. The largest absolute Gasteiger partial charge is 0.493 e. The molecule has 0 unspecified atom stereocenters. The molecule has 0 aliphatic heterocycles. The molecule has 8 nitrogen and oxygen atoms in total. The topological polar surface area (TPSA) is 106 Å². The fourth-order valence-electron chi connectivity index (χ4n) is 2.81. The summed E-state index contributed by atoms with van der Waals surface area (Å²) in [5.41, 5.74) is 4.84. The molecule has 0 aromatic heterocycles. The molecule has 0 aliphatic carbocycles. The van der Waals surface area contributed by atoms with Gasteiger partial charge in [-0.2, -0.15) is 5.10 Å². The van der Waals surface area contributed by atoms with E-state index >= 15 is 0 Å². The maximum absolute atomic E-state index is 12.4. The molecule has 0 atom stereocenters. The zero-order chi connectivity index (χ0) is 24.5. The summed E-state index contributed by atoms with van der Waals surface area (Å²) in [6.07, 6.45) is 1.40. The number of nitrogens with one attached hydrogen (secondary N) is 2. The van der Waals surface area contributed by atoms with Crippen molar-refractivity contribution in [2.75, 3.05) is 13.7 Å². The van der Waals surface area contributed by atoms with Gasteiger partial charge in [-0.05, 0) is 61.0 Å². The Kier molecular flexibility index (Phi) is 8.53. The lowest BCUT2D eigenvalue weighted by Crippen LogP contribution is -2.34. The summed E-state index contributed by atoms with van der Waals surface area (Å²) in [5, 5.41) is 6.40. The molecular formula is C25H22BrN3O5. The first kappa shape index (κ1) is 24.7. The van der Waals surface area contributed by atoms with E-state index in [4.69, 9.17) is 9.47 Å². The number of benzene rings is 3. The lowest BCUT2D eigenvalue weighted by Gasteiger charge is -2.10. The summed E-state index contributed by atoms with van der Waals surface area (Å²) < 4.78 is 11.5. The Labute approximate surface area is 205 Å². The third-order valence-corrected chi connectivity index (χ3v) is 5.07. The standard InChI is InChI=1S/C25H22BrN3O5/c1-16-6-9-18(10-7-16)25(32)34-21-11-8-17(12-22(21)33-2)14-28-29-23(30)15-27-24(31)19-4-3-5-20(26)13-19/h3-14H,15H2,1-2H3,(H,27,31)(H,29,30)/b28-14-. The van der Waals surface area contributed by atoms with Crippen molar-refractivity contribution >= 4 is 39.9 Å². The number of aryl methyl sites for hydroxylation is 1. The monoisotopic (exact) mass is 523 g/mol. The SMILES string of the molecule is COc1cc(/C=N\NC(=O)CNC(=O)c2cccc(Br)c2)ccc1OC(=O)c1ccc(C)cc1. The van der Waals surface area contributed by atoms with Crippen LogP contribution >= 0.6 is 15.9 Å². The van der Waals surface area contributed by atoms with Gasteiger partial charge in [0.1, 0.15) is 0 Å². The molecule has 0 saturated heterocycles. The smallest absolute Gasteiger partial charge is 0.343 e. The number of methoxy groups -OCH3 is 1. The molecule has 174 valence electrons. The molecule has 2 N–H and O–H groups in total. The quantitative estimate of drug-likeness (QED) is 0.202. The second-order valence-corrected chi connectivity index (χ2v) is 8.07. The Bertz CT molecular complexity index is 1230. The Morgan fingerprint density at radius 2 is 1.74 bits per heavy atom. The van der Waals surface area contributed by atoms with Gasteiger partial charge in [-0.3, -0.25) is 9.59 Å². The molecule has 3 aromatic carbocycles. The number of halogens is 1. The Balaban J connectivity index is 1.54. The van der Waals surface area contributed by atoms with E-state index in [0.717, 1.165) is 10.0 Å². The number of esters is 1. The van der Waals surface area contributed by atoms with Gasteiger partial charge in [0.15, 0.2) is 11.5 Å². The summed E-state index contributed by atoms with van der Waals surface area (Å²) in [4.78, 5) is 36.4. The molecule has 3 aromatic rings. The van der Waals surface area contributed by atoms with Crippen LogP contribution in [0.4, 0.5) is 0 Å². The van der Waals surface area contributed by atoms with E-state index in [-0.39, 0.29) is 18.2 Å². The van der Waals surface area contributed by atoms with Crippen molar-refractivity contribution in [3.63, 3.8) is 0 Å². The Morgan fingerprint density at radius 1 is 0.971 bits per heavy atom. The average Bonchev–Trinajstić information content (AvgIpc) is 2.83. The van der Waals surface area contributed by atoms with Gasteiger partial charge in [-0.1, -0.05) is 39.7 Å². The highest BCUT2D eigenvalue weighted by atomic mass is 79.9. The third kappa shape index (κ3) is 7.01. The molecule has 0 fully saturated rings. The number of amides is 2. The minimum absolute atomic E-state index is 0.236. The van der Waals surface area contributed by atoms with Crippen molar-refractivity contribution in [2.45, 2.75) is 6.92 Å². The van der Waals surface area contributed by atoms with E-state index in [2.05, 4.69) is 31.8 Å². The first-order chi connectivity index (χ1) is 16.4. The van der Waals surface area contributed by atoms with Crippen molar-refractivity contribution < 1.29 is 23.9 Å². The number of carbonyl (C=O) groups is 3. The van der Waals surface area contributed by atoms with Crippen LogP contribution in [-0.4, -0.2) is 37.7 Å². The summed E-state index contributed by atoms with van der Waals surface area (Å²) in [6, 6.07) is 18.7. The normalized spacial score (nSPS) is 10.6. The van der Waals surface area contributed by atoms with Crippen molar-refractivity contribution in [1.29, 1.82) is 0 Å². The van der Waals surface area contributed by atoms with E-state index in [1.807, 2.05) is 19.1 Å².